The second-order valence-corrected chi connectivity index (χ2v) is 4.19. The summed E-state index contributed by atoms with van der Waals surface area (Å²) < 4.78 is 10.6. The van der Waals surface area contributed by atoms with Crippen molar-refractivity contribution in [2.24, 2.45) is 0 Å². The molecule has 0 saturated carbocycles. The number of para-hydroxylation sites is 1. The van der Waals surface area contributed by atoms with Gasteiger partial charge in [-0.25, -0.2) is 4.98 Å². The number of carboxylic acids is 1. The summed E-state index contributed by atoms with van der Waals surface area (Å²) in [7, 11) is 1.58. The SMILES string of the molecule is COc1ccc(-c2nc3cccc(C(=O)[O-])c3o2)cc1. The summed E-state index contributed by atoms with van der Waals surface area (Å²) in [5.41, 5.74) is 1.44. The van der Waals surface area contributed by atoms with Crippen LogP contribution in [-0.2, 0) is 0 Å². The molecule has 0 aliphatic carbocycles. The van der Waals surface area contributed by atoms with Crippen LogP contribution >= 0.6 is 0 Å². The van der Waals surface area contributed by atoms with Crippen molar-refractivity contribution in [1.82, 2.24) is 4.98 Å². The Morgan fingerprint density at radius 3 is 2.60 bits per heavy atom. The number of aromatic carboxylic acids is 1. The number of rotatable bonds is 3. The molecule has 0 saturated heterocycles. The lowest BCUT2D eigenvalue weighted by Crippen LogP contribution is -2.22. The molecular formula is C15H10NO4-. The van der Waals surface area contributed by atoms with Gasteiger partial charge >= 0.3 is 0 Å². The summed E-state index contributed by atoms with van der Waals surface area (Å²) in [6.45, 7) is 0. The zero-order valence-electron chi connectivity index (χ0n) is 10.6. The molecule has 0 bridgehead atoms. The van der Waals surface area contributed by atoms with Crippen LogP contribution in [0.3, 0.4) is 0 Å². The number of hydrogen-bond donors (Lipinski definition) is 0. The Kier molecular flexibility index (Phi) is 2.87. The van der Waals surface area contributed by atoms with Gasteiger partial charge in [0.2, 0.25) is 5.89 Å². The van der Waals surface area contributed by atoms with Crippen LogP contribution in [0, 0.1) is 0 Å². The summed E-state index contributed by atoms with van der Waals surface area (Å²) in [5.74, 6) is -0.204. The molecule has 5 nitrogen and oxygen atoms in total. The molecule has 0 aliphatic rings. The topological polar surface area (TPSA) is 75.4 Å². The smallest absolute Gasteiger partial charge is 0.227 e. The third kappa shape index (κ3) is 1.99. The van der Waals surface area contributed by atoms with E-state index in [1.54, 1.807) is 43.5 Å². The van der Waals surface area contributed by atoms with Crippen LogP contribution in [0.15, 0.2) is 46.9 Å². The maximum atomic E-state index is 11.0. The quantitative estimate of drug-likeness (QED) is 0.724. The van der Waals surface area contributed by atoms with Crippen molar-refractivity contribution >= 4 is 17.1 Å². The number of oxazole rings is 1. The highest BCUT2D eigenvalue weighted by Gasteiger charge is 2.12. The predicted molar refractivity (Wildman–Crippen MR) is 70.3 cm³/mol. The number of ether oxygens (including phenoxy) is 1. The number of aromatic nitrogens is 1. The molecule has 1 heterocycles. The molecular weight excluding hydrogens is 258 g/mol. The van der Waals surface area contributed by atoms with Gasteiger partial charge in [-0.3, -0.25) is 0 Å². The van der Waals surface area contributed by atoms with Gasteiger partial charge in [-0.15, -0.1) is 0 Å². The van der Waals surface area contributed by atoms with Crippen LogP contribution in [0.4, 0.5) is 0 Å². The van der Waals surface area contributed by atoms with E-state index in [0.29, 0.717) is 11.4 Å². The van der Waals surface area contributed by atoms with Crippen molar-refractivity contribution in [3.63, 3.8) is 0 Å². The fourth-order valence-corrected chi connectivity index (χ4v) is 1.97. The zero-order valence-corrected chi connectivity index (χ0v) is 10.6. The van der Waals surface area contributed by atoms with Crippen LogP contribution < -0.4 is 9.84 Å². The van der Waals surface area contributed by atoms with Crippen LogP contribution in [0.5, 0.6) is 5.75 Å². The fourth-order valence-electron chi connectivity index (χ4n) is 1.97. The van der Waals surface area contributed by atoms with E-state index < -0.39 is 5.97 Å². The molecule has 1 aromatic heterocycles. The largest absolute Gasteiger partial charge is 0.545 e. The average Bonchev–Trinajstić information content (AvgIpc) is 2.90. The van der Waals surface area contributed by atoms with Crippen LogP contribution in [-0.4, -0.2) is 18.1 Å². The Morgan fingerprint density at radius 2 is 1.95 bits per heavy atom. The minimum atomic E-state index is -1.28. The molecule has 2 aromatic carbocycles. The standard InChI is InChI=1S/C15H11NO4/c1-19-10-7-5-9(6-8-10)14-16-12-4-2-3-11(15(17)18)13(12)20-14/h2-8H,1H3,(H,17,18)/p-1. The van der Waals surface area contributed by atoms with Gasteiger partial charge in [0.1, 0.15) is 11.3 Å². The van der Waals surface area contributed by atoms with Crippen LogP contribution in [0.1, 0.15) is 10.4 Å². The van der Waals surface area contributed by atoms with Gasteiger partial charge in [0.05, 0.1) is 13.1 Å². The molecule has 0 unspecified atom stereocenters. The summed E-state index contributed by atoms with van der Waals surface area (Å²) >= 11 is 0. The third-order valence-corrected chi connectivity index (χ3v) is 2.97. The highest BCUT2D eigenvalue weighted by Crippen LogP contribution is 2.27. The second-order valence-electron chi connectivity index (χ2n) is 4.19. The van der Waals surface area contributed by atoms with Gasteiger partial charge in [0, 0.05) is 11.1 Å². The van der Waals surface area contributed by atoms with Crippen molar-refractivity contribution in [2.45, 2.75) is 0 Å². The highest BCUT2D eigenvalue weighted by atomic mass is 16.5. The van der Waals surface area contributed by atoms with Gasteiger partial charge in [-0.05, 0) is 36.4 Å². The number of carbonyl (C=O) groups is 1. The zero-order chi connectivity index (χ0) is 14.1. The van der Waals surface area contributed by atoms with Gasteiger partial charge in [0.15, 0.2) is 5.58 Å². The molecule has 5 heteroatoms. The molecule has 0 atom stereocenters. The number of fused-ring (bicyclic) bond motifs is 1. The minimum Gasteiger partial charge on any atom is -0.545 e. The minimum absolute atomic E-state index is 0.00485. The van der Waals surface area contributed by atoms with Crippen molar-refractivity contribution in [2.75, 3.05) is 7.11 Å². The first-order valence-corrected chi connectivity index (χ1v) is 5.94. The van der Waals surface area contributed by atoms with Gasteiger partial charge in [-0.1, -0.05) is 6.07 Å². The van der Waals surface area contributed by atoms with E-state index in [4.69, 9.17) is 9.15 Å². The number of methoxy groups -OCH3 is 1. The van der Waals surface area contributed by atoms with E-state index in [2.05, 4.69) is 4.98 Å². The number of carboxylic acid groups (broad SMARTS) is 1. The number of carbonyl (C=O) groups excluding carboxylic acids is 1. The number of benzene rings is 2. The first-order valence-electron chi connectivity index (χ1n) is 5.94. The average molecular weight is 268 g/mol. The van der Waals surface area contributed by atoms with E-state index in [1.807, 2.05) is 0 Å². The highest BCUT2D eigenvalue weighted by molar-refractivity contribution is 5.99. The predicted octanol–water partition coefficient (Wildman–Crippen LogP) is 1.87. The van der Waals surface area contributed by atoms with Crippen molar-refractivity contribution in [3.8, 4) is 17.2 Å². The third-order valence-electron chi connectivity index (χ3n) is 2.97. The maximum Gasteiger partial charge on any atom is 0.227 e. The fraction of sp³-hybridized carbons (Fsp3) is 0.0667. The molecule has 0 N–H and O–H groups in total. The van der Waals surface area contributed by atoms with Gasteiger partial charge < -0.3 is 19.1 Å². The Hall–Kier alpha value is -2.82. The van der Waals surface area contributed by atoms with E-state index >= 15 is 0 Å². The monoisotopic (exact) mass is 268 g/mol. The number of nitrogens with zero attached hydrogens (tertiary/aromatic N) is 1. The summed E-state index contributed by atoms with van der Waals surface area (Å²) in [6.07, 6.45) is 0. The second kappa shape index (κ2) is 4.70. The number of hydrogen-bond acceptors (Lipinski definition) is 5. The first-order chi connectivity index (χ1) is 9.69. The molecule has 0 aliphatic heterocycles. The molecule has 3 rings (SSSR count). The van der Waals surface area contributed by atoms with Gasteiger partial charge in [0.25, 0.3) is 0 Å². The lowest BCUT2D eigenvalue weighted by Gasteiger charge is -2.01. The molecule has 3 aromatic rings. The van der Waals surface area contributed by atoms with E-state index in [1.165, 1.54) is 6.07 Å². The summed E-state index contributed by atoms with van der Waals surface area (Å²) in [6, 6.07) is 11.9. The normalized spacial score (nSPS) is 10.7. The maximum absolute atomic E-state index is 11.0. The van der Waals surface area contributed by atoms with E-state index in [-0.39, 0.29) is 11.1 Å². The lowest BCUT2D eigenvalue weighted by atomic mass is 10.2. The molecule has 100 valence electrons. The Labute approximate surface area is 114 Å². The Morgan fingerprint density at radius 1 is 1.20 bits per heavy atom. The van der Waals surface area contributed by atoms with Crippen LogP contribution in [0.2, 0.25) is 0 Å². The molecule has 20 heavy (non-hydrogen) atoms. The van der Waals surface area contributed by atoms with Crippen LogP contribution in [0.25, 0.3) is 22.6 Å². The van der Waals surface area contributed by atoms with Crippen molar-refractivity contribution in [3.05, 3.63) is 48.0 Å². The molecule has 0 fully saturated rings. The van der Waals surface area contributed by atoms with Gasteiger partial charge in [-0.2, -0.15) is 0 Å². The molecule has 0 radical (unpaired) electrons. The summed E-state index contributed by atoms with van der Waals surface area (Å²) in [5, 5.41) is 11.0. The summed E-state index contributed by atoms with van der Waals surface area (Å²) in [4.78, 5) is 15.3. The molecule has 0 spiro atoms. The van der Waals surface area contributed by atoms with Crippen molar-refractivity contribution < 1.29 is 19.1 Å². The van der Waals surface area contributed by atoms with E-state index in [9.17, 15) is 9.90 Å². The van der Waals surface area contributed by atoms with Crippen molar-refractivity contribution in [1.29, 1.82) is 0 Å². The Bertz CT molecular complexity index is 774. The molecule has 0 amide bonds. The first kappa shape index (κ1) is 12.2. The van der Waals surface area contributed by atoms with E-state index in [0.717, 1.165) is 11.3 Å². The Balaban J connectivity index is 2.12. The lowest BCUT2D eigenvalue weighted by molar-refractivity contribution is -0.254.